The summed E-state index contributed by atoms with van der Waals surface area (Å²) < 4.78 is 0. The smallest absolute Gasteiger partial charge is 0.207 e. The van der Waals surface area contributed by atoms with Gasteiger partial charge in [0.05, 0.1) is 18.0 Å². The van der Waals surface area contributed by atoms with Gasteiger partial charge >= 0.3 is 0 Å². The van der Waals surface area contributed by atoms with Crippen molar-refractivity contribution in [2.45, 2.75) is 6.61 Å². The van der Waals surface area contributed by atoms with Gasteiger partial charge in [-0.25, -0.2) is 0 Å². The second-order valence-corrected chi connectivity index (χ2v) is 6.13. The highest BCUT2D eigenvalue weighted by Gasteiger charge is 2.19. The van der Waals surface area contributed by atoms with E-state index in [0.717, 1.165) is 61.6 Å². The molecule has 1 aliphatic rings. The molecule has 1 saturated heterocycles. The third kappa shape index (κ3) is 4.35. The van der Waals surface area contributed by atoms with Gasteiger partial charge in [-0.05, 0) is 17.7 Å². The molecule has 25 heavy (non-hydrogen) atoms. The highest BCUT2D eigenvalue weighted by atomic mass is 16.3. The summed E-state index contributed by atoms with van der Waals surface area (Å²) in [6.45, 7) is 5.45. The number of benzene rings is 1. The largest absolute Gasteiger partial charge is 0.392 e. The number of nitrogens with one attached hydrogen (secondary N) is 1. The number of hydrogen-bond acceptors (Lipinski definition) is 5. The second kappa shape index (κ2) is 8.60. The first-order valence-electron chi connectivity index (χ1n) is 8.61. The molecule has 0 aliphatic carbocycles. The van der Waals surface area contributed by atoms with E-state index in [2.05, 4.69) is 26.2 Å². The molecule has 1 aromatic carbocycles. The number of aromatic nitrogens is 1. The first kappa shape index (κ1) is 17.4. The van der Waals surface area contributed by atoms with Gasteiger partial charge in [0.15, 0.2) is 0 Å². The van der Waals surface area contributed by atoms with Crippen molar-refractivity contribution < 1.29 is 9.90 Å². The number of hydrogen-bond donors (Lipinski definition) is 2. The molecule has 1 aliphatic heterocycles. The lowest BCUT2D eigenvalue weighted by Crippen LogP contribution is -2.48. The first-order chi connectivity index (χ1) is 12.3. The van der Waals surface area contributed by atoms with Crippen LogP contribution in [0.15, 0.2) is 42.6 Å². The van der Waals surface area contributed by atoms with Crippen molar-refractivity contribution in [3.8, 4) is 11.3 Å². The van der Waals surface area contributed by atoms with Crippen LogP contribution >= 0.6 is 0 Å². The van der Waals surface area contributed by atoms with Crippen molar-refractivity contribution in [3.63, 3.8) is 0 Å². The predicted octanol–water partition coefficient (Wildman–Crippen LogP) is 1.11. The SMILES string of the molecule is O=CNCCN1CCN(c2cccnc2-c2ccc(CO)cc2)CC1. The van der Waals surface area contributed by atoms with Gasteiger partial charge in [-0.3, -0.25) is 14.7 Å². The van der Waals surface area contributed by atoms with Gasteiger partial charge < -0.3 is 15.3 Å². The summed E-state index contributed by atoms with van der Waals surface area (Å²) in [4.78, 5) is 19.7. The maximum atomic E-state index is 10.3. The Bertz CT molecular complexity index is 682. The molecule has 6 heteroatoms. The second-order valence-electron chi connectivity index (χ2n) is 6.13. The molecule has 0 bridgehead atoms. The molecule has 3 rings (SSSR count). The van der Waals surface area contributed by atoms with E-state index in [1.54, 1.807) is 0 Å². The van der Waals surface area contributed by atoms with Crippen molar-refractivity contribution in [1.29, 1.82) is 0 Å². The minimum absolute atomic E-state index is 0.0519. The van der Waals surface area contributed by atoms with Crippen LogP contribution in [0.5, 0.6) is 0 Å². The molecular formula is C19H24N4O2. The Morgan fingerprint density at radius 2 is 1.88 bits per heavy atom. The van der Waals surface area contributed by atoms with Crippen molar-refractivity contribution >= 4 is 12.1 Å². The third-order valence-electron chi connectivity index (χ3n) is 4.57. The molecule has 132 valence electrons. The van der Waals surface area contributed by atoms with Crippen LogP contribution in [0.1, 0.15) is 5.56 Å². The van der Waals surface area contributed by atoms with Crippen LogP contribution in [0.4, 0.5) is 5.69 Å². The molecule has 0 atom stereocenters. The lowest BCUT2D eigenvalue weighted by atomic mass is 10.1. The highest BCUT2D eigenvalue weighted by Crippen LogP contribution is 2.29. The lowest BCUT2D eigenvalue weighted by Gasteiger charge is -2.36. The Balaban J connectivity index is 1.70. The van der Waals surface area contributed by atoms with Gasteiger partial charge in [0, 0.05) is 51.0 Å². The third-order valence-corrected chi connectivity index (χ3v) is 4.57. The maximum Gasteiger partial charge on any atom is 0.207 e. The molecule has 1 amide bonds. The van der Waals surface area contributed by atoms with E-state index in [0.29, 0.717) is 6.54 Å². The fraction of sp³-hybridized carbons (Fsp3) is 0.368. The van der Waals surface area contributed by atoms with E-state index in [1.165, 1.54) is 0 Å². The summed E-state index contributed by atoms with van der Waals surface area (Å²) in [5.74, 6) is 0. The van der Waals surface area contributed by atoms with E-state index in [4.69, 9.17) is 0 Å². The Morgan fingerprint density at radius 1 is 1.12 bits per heavy atom. The average Bonchev–Trinajstić information content (AvgIpc) is 2.69. The molecular weight excluding hydrogens is 316 g/mol. The van der Waals surface area contributed by atoms with Crippen LogP contribution in [-0.4, -0.2) is 60.7 Å². The summed E-state index contributed by atoms with van der Waals surface area (Å²) in [6, 6.07) is 12.0. The molecule has 1 fully saturated rings. The number of anilines is 1. The molecule has 0 radical (unpaired) electrons. The molecule has 0 saturated carbocycles. The van der Waals surface area contributed by atoms with E-state index in [9.17, 15) is 9.90 Å². The van der Waals surface area contributed by atoms with E-state index < -0.39 is 0 Å². The first-order valence-corrected chi connectivity index (χ1v) is 8.61. The van der Waals surface area contributed by atoms with Gasteiger partial charge in [0.25, 0.3) is 0 Å². The zero-order valence-corrected chi connectivity index (χ0v) is 14.3. The average molecular weight is 340 g/mol. The molecule has 1 aromatic heterocycles. The van der Waals surface area contributed by atoms with Crippen molar-refractivity contribution in [3.05, 3.63) is 48.2 Å². The van der Waals surface area contributed by atoms with Gasteiger partial charge in [0.1, 0.15) is 0 Å². The molecule has 6 nitrogen and oxygen atoms in total. The van der Waals surface area contributed by atoms with Crippen molar-refractivity contribution in [2.75, 3.05) is 44.2 Å². The zero-order valence-electron chi connectivity index (χ0n) is 14.3. The lowest BCUT2D eigenvalue weighted by molar-refractivity contribution is -0.109. The zero-order chi connectivity index (χ0) is 17.5. The highest BCUT2D eigenvalue weighted by molar-refractivity contribution is 5.75. The van der Waals surface area contributed by atoms with Crippen molar-refractivity contribution in [1.82, 2.24) is 15.2 Å². The topological polar surface area (TPSA) is 68.7 Å². The Hall–Kier alpha value is -2.44. The summed E-state index contributed by atoms with van der Waals surface area (Å²) in [6.07, 6.45) is 2.57. The normalized spacial score (nSPS) is 15.2. The number of carbonyl (C=O) groups is 1. The summed E-state index contributed by atoms with van der Waals surface area (Å²) in [5, 5.41) is 11.9. The Kier molecular flexibility index (Phi) is 5.98. The number of carbonyl (C=O) groups excluding carboxylic acids is 1. The number of nitrogens with zero attached hydrogens (tertiary/aromatic N) is 3. The number of pyridine rings is 1. The van der Waals surface area contributed by atoms with Crippen LogP contribution in [0.2, 0.25) is 0 Å². The monoisotopic (exact) mass is 340 g/mol. The number of rotatable bonds is 7. The summed E-state index contributed by atoms with van der Waals surface area (Å²) >= 11 is 0. The Morgan fingerprint density at radius 3 is 2.56 bits per heavy atom. The summed E-state index contributed by atoms with van der Waals surface area (Å²) in [5.41, 5.74) is 4.08. The van der Waals surface area contributed by atoms with Crippen molar-refractivity contribution in [2.24, 2.45) is 0 Å². The van der Waals surface area contributed by atoms with Gasteiger partial charge in [-0.2, -0.15) is 0 Å². The van der Waals surface area contributed by atoms with Gasteiger partial charge in [0.2, 0.25) is 6.41 Å². The van der Waals surface area contributed by atoms with Gasteiger partial charge in [-0.1, -0.05) is 24.3 Å². The molecule has 2 N–H and O–H groups in total. The van der Waals surface area contributed by atoms with E-state index in [1.807, 2.05) is 36.5 Å². The standard InChI is InChI=1S/C19H24N4O2/c24-14-16-3-5-17(6-4-16)19-18(2-1-7-21-19)23-12-10-22(11-13-23)9-8-20-15-25/h1-7,15,24H,8-14H2,(H,20,25). The summed E-state index contributed by atoms with van der Waals surface area (Å²) in [7, 11) is 0. The number of piperazine rings is 1. The quantitative estimate of drug-likeness (QED) is 0.584. The van der Waals surface area contributed by atoms with Gasteiger partial charge in [-0.15, -0.1) is 0 Å². The molecule has 0 unspecified atom stereocenters. The molecule has 0 spiro atoms. The number of amides is 1. The maximum absolute atomic E-state index is 10.3. The predicted molar refractivity (Wildman–Crippen MR) is 98.3 cm³/mol. The van der Waals surface area contributed by atoms with Crippen LogP contribution in [-0.2, 0) is 11.4 Å². The Labute approximate surface area is 148 Å². The van der Waals surface area contributed by atoms with Crippen LogP contribution < -0.4 is 10.2 Å². The van der Waals surface area contributed by atoms with Crippen LogP contribution in [0.25, 0.3) is 11.3 Å². The van der Waals surface area contributed by atoms with Crippen LogP contribution in [0.3, 0.4) is 0 Å². The fourth-order valence-corrected chi connectivity index (χ4v) is 3.14. The van der Waals surface area contributed by atoms with E-state index >= 15 is 0 Å². The molecule has 2 heterocycles. The minimum atomic E-state index is 0.0519. The number of aliphatic hydroxyl groups excluding tert-OH is 1. The fourth-order valence-electron chi connectivity index (χ4n) is 3.14. The molecule has 2 aromatic rings. The van der Waals surface area contributed by atoms with Crippen LogP contribution in [0, 0.1) is 0 Å². The number of aliphatic hydroxyl groups is 1. The minimum Gasteiger partial charge on any atom is -0.392 e. The van der Waals surface area contributed by atoms with E-state index in [-0.39, 0.29) is 6.61 Å².